The van der Waals surface area contributed by atoms with E-state index < -0.39 is 0 Å². The first-order chi connectivity index (χ1) is 15.7. The van der Waals surface area contributed by atoms with Gasteiger partial charge >= 0.3 is 0 Å². The number of ether oxygens (including phenoxy) is 1. The number of hydrogen-bond donors (Lipinski definition) is 1. The Balaban J connectivity index is 1.34. The molecule has 0 aromatic heterocycles. The molecule has 1 aliphatic heterocycles. The molecule has 162 valence electrons. The average molecular weight is 424 g/mol. The molecule has 4 aromatic rings. The fourth-order valence-electron chi connectivity index (χ4n) is 4.80. The molecule has 1 saturated heterocycles. The Morgan fingerprint density at radius 3 is 2.44 bits per heavy atom. The summed E-state index contributed by atoms with van der Waals surface area (Å²) >= 11 is 0. The summed E-state index contributed by atoms with van der Waals surface area (Å²) in [6, 6.07) is 33.3. The number of fused-ring (bicyclic) bond motifs is 1. The highest BCUT2D eigenvalue weighted by molar-refractivity contribution is 5.82. The quantitative estimate of drug-likeness (QED) is 0.405. The minimum absolute atomic E-state index is 0.0701. The summed E-state index contributed by atoms with van der Waals surface area (Å²) in [5.41, 5.74) is 3.68. The largest absolute Gasteiger partial charge is 0.508 e. The Morgan fingerprint density at radius 2 is 1.59 bits per heavy atom. The molecule has 1 N–H and O–H groups in total. The van der Waals surface area contributed by atoms with Crippen LogP contribution in [-0.4, -0.2) is 29.2 Å². The first kappa shape index (κ1) is 20.7. The average Bonchev–Trinajstić information content (AvgIpc) is 2.83. The normalized spacial score (nSPS) is 19.2. The third-order valence-corrected chi connectivity index (χ3v) is 6.47. The molecule has 2 atom stereocenters. The van der Waals surface area contributed by atoms with Gasteiger partial charge in [-0.25, -0.2) is 0 Å². The third kappa shape index (κ3) is 4.85. The maximum absolute atomic E-state index is 10.0. The molecule has 0 bridgehead atoms. The number of hydrogen-bond acceptors (Lipinski definition) is 3. The van der Waals surface area contributed by atoms with Crippen LogP contribution in [0.4, 0.5) is 0 Å². The molecule has 2 unspecified atom stereocenters. The molecule has 0 radical (unpaired) electrons. The van der Waals surface area contributed by atoms with Gasteiger partial charge in [-0.3, -0.25) is 4.90 Å². The zero-order valence-corrected chi connectivity index (χ0v) is 18.2. The van der Waals surface area contributed by atoms with Crippen molar-refractivity contribution in [1.82, 2.24) is 4.90 Å². The van der Waals surface area contributed by atoms with Crippen LogP contribution in [0, 0.1) is 0 Å². The van der Waals surface area contributed by atoms with Crippen molar-refractivity contribution < 1.29 is 9.84 Å². The lowest BCUT2D eigenvalue weighted by Gasteiger charge is -2.39. The van der Waals surface area contributed by atoms with Crippen molar-refractivity contribution in [2.45, 2.75) is 31.6 Å². The lowest BCUT2D eigenvalue weighted by Crippen LogP contribution is -2.43. The number of phenolic OH excluding ortho intramolecular Hbond substituents is 1. The number of benzene rings is 4. The maximum atomic E-state index is 10.0. The Labute approximate surface area is 189 Å². The summed E-state index contributed by atoms with van der Waals surface area (Å²) < 4.78 is 6.57. The second-order valence-corrected chi connectivity index (χ2v) is 8.74. The zero-order chi connectivity index (χ0) is 21.8. The Hall–Kier alpha value is -3.14. The van der Waals surface area contributed by atoms with Gasteiger partial charge in [0, 0.05) is 19.0 Å². The highest BCUT2D eigenvalue weighted by Gasteiger charge is 2.31. The summed E-state index contributed by atoms with van der Waals surface area (Å²) in [5.74, 6) is 0.595. The molecular formula is C29H29NO2. The molecule has 32 heavy (non-hydrogen) atoms. The summed E-state index contributed by atoms with van der Waals surface area (Å²) in [7, 11) is 0. The van der Waals surface area contributed by atoms with Gasteiger partial charge in [-0.05, 0) is 58.6 Å². The number of rotatable bonds is 6. The second-order valence-electron chi connectivity index (χ2n) is 8.74. The number of phenols is 1. The first-order valence-electron chi connectivity index (χ1n) is 11.4. The summed E-state index contributed by atoms with van der Waals surface area (Å²) in [6.07, 6.45) is 1.08. The highest BCUT2D eigenvalue weighted by Crippen LogP contribution is 2.33. The number of aromatic hydroxyl groups is 1. The van der Waals surface area contributed by atoms with E-state index in [0.29, 0.717) is 12.4 Å². The predicted molar refractivity (Wildman–Crippen MR) is 130 cm³/mol. The van der Waals surface area contributed by atoms with E-state index in [-0.39, 0.29) is 12.0 Å². The van der Waals surface area contributed by atoms with E-state index in [1.54, 1.807) is 6.07 Å². The molecule has 1 fully saturated rings. The van der Waals surface area contributed by atoms with Crippen molar-refractivity contribution >= 4 is 10.8 Å². The zero-order valence-electron chi connectivity index (χ0n) is 18.2. The molecule has 5 rings (SSSR count). The number of likely N-dealkylation sites (tertiary alicyclic amines) is 1. The third-order valence-electron chi connectivity index (χ3n) is 6.47. The van der Waals surface area contributed by atoms with Gasteiger partial charge in [0.15, 0.2) is 0 Å². The van der Waals surface area contributed by atoms with Crippen LogP contribution in [-0.2, 0) is 17.9 Å². The van der Waals surface area contributed by atoms with Gasteiger partial charge in [0.25, 0.3) is 0 Å². The van der Waals surface area contributed by atoms with Gasteiger partial charge in [-0.1, -0.05) is 78.9 Å². The van der Waals surface area contributed by atoms with E-state index in [1.807, 2.05) is 12.1 Å². The summed E-state index contributed by atoms with van der Waals surface area (Å²) in [4.78, 5) is 2.49. The Kier molecular flexibility index (Phi) is 6.20. The van der Waals surface area contributed by atoms with Gasteiger partial charge in [-0.15, -0.1) is 0 Å². The van der Waals surface area contributed by atoms with Crippen LogP contribution in [0.15, 0.2) is 97.1 Å². The van der Waals surface area contributed by atoms with Crippen LogP contribution in [0.1, 0.15) is 29.0 Å². The molecule has 0 saturated carbocycles. The van der Waals surface area contributed by atoms with Gasteiger partial charge in [0.1, 0.15) is 5.75 Å². The van der Waals surface area contributed by atoms with Gasteiger partial charge < -0.3 is 9.84 Å². The number of piperidine rings is 1. The highest BCUT2D eigenvalue weighted by atomic mass is 16.5. The Bertz CT molecular complexity index is 1170. The molecule has 3 nitrogen and oxygen atoms in total. The maximum Gasteiger partial charge on any atom is 0.115 e. The van der Waals surface area contributed by atoms with Crippen molar-refractivity contribution in [2.24, 2.45) is 0 Å². The fourth-order valence-corrected chi connectivity index (χ4v) is 4.80. The van der Waals surface area contributed by atoms with E-state index >= 15 is 0 Å². The van der Waals surface area contributed by atoms with Crippen LogP contribution in [0.25, 0.3) is 10.8 Å². The van der Waals surface area contributed by atoms with Crippen LogP contribution in [0.5, 0.6) is 5.75 Å². The molecule has 1 heterocycles. The Morgan fingerprint density at radius 1 is 0.781 bits per heavy atom. The number of nitrogens with zero attached hydrogens (tertiary/aromatic N) is 1. The van der Waals surface area contributed by atoms with Crippen molar-refractivity contribution in [1.29, 1.82) is 0 Å². The fraction of sp³-hybridized carbons (Fsp3) is 0.241. The second kappa shape index (κ2) is 9.56. The topological polar surface area (TPSA) is 32.7 Å². The predicted octanol–water partition coefficient (Wildman–Crippen LogP) is 6.12. The molecule has 4 aromatic carbocycles. The smallest absolute Gasteiger partial charge is 0.115 e. The van der Waals surface area contributed by atoms with Gasteiger partial charge in [0.2, 0.25) is 0 Å². The summed E-state index contributed by atoms with van der Waals surface area (Å²) in [6.45, 7) is 3.42. The lowest BCUT2D eigenvalue weighted by molar-refractivity contribution is -0.0264. The van der Waals surface area contributed by atoms with E-state index in [4.69, 9.17) is 4.74 Å². The minimum Gasteiger partial charge on any atom is -0.508 e. The molecule has 0 aliphatic carbocycles. The molecular weight excluding hydrogens is 394 g/mol. The monoisotopic (exact) mass is 423 g/mol. The minimum atomic E-state index is 0.0701. The van der Waals surface area contributed by atoms with E-state index in [1.165, 1.54) is 21.9 Å². The van der Waals surface area contributed by atoms with E-state index in [9.17, 15) is 5.11 Å². The lowest BCUT2D eigenvalue weighted by atomic mass is 9.86. The molecule has 1 aliphatic rings. The van der Waals surface area contributed by atoms with E-state index in [0.717, 1.165) is 31.6 Å². The van der Waals surface area contributed by atoms with Crippen LogP contribution in [0.3, 0.4) is 0 Å². The molecule has 0 amide bonds. The van der Waals surface area contributed by atoms with Crippen LogP contribution in [0.2, 0.25) is 0 Å². The van der Waals surface area contributed by atoms with Crippen molar-refractivity contribution in [3.63, 3.8) is 0 Å². The van der Waals surface area contributed by atoms with Crippen molar-refractivity contribution in [3.05, 3.63) is 114 Å². The van der Waals surface area contributed by atoms with E-state index in [2.05, 4.69) is 83.8 Å². The van der Waals surface area contributed by atoms with Crippen molar-refractivity contribution in [2.75, 3.05) is 13.1 Å². The van der Waals surface area contributed by atoms with Gasteiger partial charge in [-0.2, -0.15) is 0 Å². The van der Waals surface area contributed by atoms with Gasteiger partial charge in [0.05, 0.1) is 12.7 Å². The SMILES string of the molecule is Oc1cccc(C2CCN(Cc3ccccc3)CC2OCc2ccc3ccccc3c2)c1. The standard InChI is InChI=1S/C29H29NO2/c31-27-12-6-11-26(18-27)28-15-16-30(19-22-7-2-1-3-8-22)20-29(28)32-21-23-13-14-24-9-4-5-10-25(24)17-23/h1-14,17-18,28-29,31H,15-16,19-21H2. The molecule has 0 spiro atoms. The summed E-state index contributed by atoms with van der Waals surface area (Å²) in [5, 5.41) is 12.5. The van der Waals surface area contributed by atoms with Crippen LogP contribution < -0.4 is 0 Å². The first-order valence-corrected chi connectivity index (χ1v) is 11.4. The molecule has 3 heteroatoms. The van der Waals surface area contributed by atoms with Crippen LogP contribution >= 0.6 is 0 Å². The van der Waals surface area contributed by atoms with Crippen molar-refractivity contribution in [3.8, 4) is 5.75 Å².